The van der Waals surface area contributed by atoms with E-state index in [1.807, 2.05) is 0 Å². The van der Waals surface area contributed by atoms with Crippen LogP contribution in [0.5, 0.6) is 5.75 Å². The topological polar surface area (TPSA) is 76.7 Å². The molecular weight excluding hydrogens is 514 g/mol. The van der Waals surface area contributed by atoms with Crippen molar-refractivity contribution in [3.8, 4) is 5.75 Å². The van der Waals surface area contributed by atoms with Gasteiger partial charge in [-0.25, -0.2) is 8.78 Å². The number of nitrogens with one attached hydrogen (secondary N) is 2. The predicted molar refractivity (Wildman–Crippen MR) is 137 cm³/mol. The van der Waals surface area contributed by atoms with E-state index in [1.165, 1.54) is 30.3 Å². The lowest BCUT2D eigenvalue weighted by Crippen LogP contribution is -2.57. The van der Waals surface area contributed by atoms with Crippen LogP contribution in [0.2, 0.25) is 5.02 Å². The highest BCUT2D eigenvalue weighted by Crippen LogP contribution is 2.58. The van der Waals surface area contributed by atoms with Gasteiger partial charge in [-0.05, 0) is 53.6 Å². The molecule has 6 rings (SSSR count). The molecule has 0 aromatic heterocycles. The number of anilines is 1. The number of ether oxygens (including phenoxy) is 2. The lowest BCUT2D eigenvalue weighted by molar-refractivity contribution is -0.131. The molecule has 0 aliphatic carbocycles. The lowest BCUT2D eigenvalue weighted by Gasteiger charge is -2.46. The summed E-state index contributed by atoms with van der Waals surface area (Å²) in [5, 5.41) is 6.32. The Labute approximate surface area is 223 Å². The van der Waals surface area contributed by atoms with Gasteiger partial charge in [0.05, 0.1) is 19.3 Å². The number of halogens is 3. The van der Waals surface area contributed by atoms with Crippen molar-refractivity contribution in [3.05, 3.63) is 94.0 Å². The third kappa shape index (κ3) is 4.12. The molecule has 0 saturated carbocycles. The number of amides is 2. The van der Waals surface area contributed by atoms with Crippen molar-refractivity contribution in [2.45, 2.75) is 42.7 Å². The van der Waals surface area contributed by atoms with Crippen molar-refractivity contribution in [3.63, 3.8) is 0 Å². The summed E-state index contributed by atoms with van der Waals surface area (Å²) < 4.78 is 41.0. The minimum atomic E-state index is -1.43. The molecule has 3 atom stereocenters. The van der Waals surface area contributed by atoms with Gasteiger partial charge in [-0.3, -0.25) is 9.59 Å². The second-order valence-corrected chi connectivity index (χ2v) is 10.4. The van der Waals surface area contributed by atoms with Crippen molar-refractivity contribution < 1.29 is 27.8 Å². The molecular formula is C29H25ClF2N2O4. The second kappa shape index (κ2) is 9.67. The standard InChI is InChI=1S/C29H25ClF2N2O4/c30-17-4-6-22-24(13-17)33-28(36)29(22)23(16-2-1-3-18(31)12-16)15-26(35)34-27(29)21-14-19(32)5-7-25(21)38-20-8-10-37-11-9-20/h1-7,12-14,20,23,27H,8-11,15H2,(H,33,36)(H,34,35)/t23-,27+,29-/m0/s1. The van der Waals surface area contributed by atoms with Crippen molar-refractivity contribution in [2.24, 2.45) is 0 Å². The van der Waals surface area contributed by atoms with E-state index < -0.39 is 34.9 Å². The summed E-state index contributed by atoms with van der Waals surface area (Å²) in [5.41, 5.74) is 0.485. The number of fused-ring (bicyclic) bond motifs is 2. The molecule has 2 saturated heterocycles. The van der Waals surface area contributed by atoms with Crippen LogP contribution in [-0.4, -0.2) is 31.1 Å². The Morgan fingerprint density at radius 1 is 0.974 bits per heavy atom. The van der Waals surface area contributed by atoms with Gasteiger partial charge in [0.15, 0.2) is 0 Å². The lowest BCUT2D eigenvalue weighted by atomic mass is 9.59. The molecule has 3 aromatic rings. The molecule has 2 amide bonds. The Morgan fingerprint density at radius 3 is 2.55 bits per heavy atom. The normalized spacial score (nSPS) is 25.1. The van der Waals surface area contributed by atoms with Crippen LogP contribution in [0.15, 0.2) is 60.7 Å². The summed E-state index contributed by atoms with van der Waals surface area (Å²) in [6, 6.07) is 14.1. The first kappa shape index (κ1) is 24.8. The average Bonchev–Trinajstić information content (AvgIpc) is 3.18. The Kier molecular flexibility index (Phi) is 6.32. The van der Waals surface area contributed by atoms with Crippen LogP contribution in [0.25, 0.3) is 0 Å². The maximum Gasteiger partial charge on any atom is 0.238 e. The van der Waals surface area contributed by atoms with Gasteiger partial charge in [0, 0.05) is 41.5 Å². The number of carbonyl (C=O) groups excluding carboxylic acids is 2. The fourth-order valence-electron chi connectivity index (χ4n) is 6.10. The van der Waals surface area contributed by atoms with Gasteiger partial charge < -0.3 is 20.1 Å². The molecule has 3 aliphatic rings. The van der Waals surface area contributed by atoms with E-state index in [0.29, 0.717) is 59.2 Å². The van der Waals surface area contributed by atoms with Gasteiger partial charge in [0.2, 0.25) is 11.8 Å². The highest BCUT2D eigenvalue weighted by Gasteiger charge is 2.61. The first-order valence-corrected chi connectivity index (χ1v) is 12.9. The van der Waals surface area contributed by atoms with Gasteiger partial charge in [0.1, 0.15) is 28.9 Å². The second-order valence-electron chi connectivity index (χ2n) is 9.94. The Balaban J connectivity index is 1.57. The monoisotopic (exact) mass is 538 g/mol. The maximum absolute atomic E-state index is 14.8. The highest BCUT2D eigenvalue weighted by molar-refractivity contribution is 6.31. The van der Waals surface area contributed by atoms with Crippen molar-refractivity contribution in [2.75, 3.05) is 18.5 Å². The van der Waals surface area contributed by atoms with Gasteiger partial charge in [-0.1, -0.05) is 29.8 Å². The highest BCUT2D eigenvalue weighted by atomic mass is 35.5. The van der Waals surface area contributed by atoms with E-state index in [4.69, 9.17) is 21.1 Å². The van der Waals surface area contributed by atoms with E-state index >= 15 is 0 Å². The molecule has 3 heterocycles. The van der Waals surface area contributed by atoms with Crippen molar-refractivity contribution in [1.29, 1.82) is 0 Å². The predicted octanol–water partition coefficient (Wildman–Crippen LogP) is 5.41. The Morgan fingerprint density at radius 2 is 1.76 bits per heavy atom. The van der Waals surface area contributed by atoms with E-state index in [9.17, 15) is 18.4 Å². The minimum Gasteiger partial charge on any atom is -0.490 e. The smallest absolute Gasteiger partial charge is 0.238 e. The van der Waals surface area contributed by atoms with E-state index in [1.54, 1.807) is 30.3 Å². The van der Waals surface area contributed by atoms with Gasteiger partial charge in [0.25, 0.3) is 0 Å². The Bertz CT molecular complexity index is 1430. The van der Waals surface area contributed by atoms with Crippen LogP contribution in [0, 0.1) is 11.6 Å². The number of rotatable bonds is 4. The number of carbonyl (C=O) groups is 2. The SMILES string of the molecule is O=C1C[C@@H](c2cccc(F)c2)[C@]2(C(=O)Nc3cc(Cl)ccc32)[C@@H](c2cc(F)ccc2OC2CCOCC2)N1. The number of hydrogen-bond donors (Lipinski definition) is 2. The van der Waals surface area contributed by atoms with E-state index in [-0.39, 0.29) is 18.4 Å². The first-order valence-electron chi connectivity index (χ1n) is 12.6. The largest absolute Gasteiger partial charge is 0.490 e. The molecule has 0 unspecified atom stereocenters. The summed E-state index contributed by atoms with van der Waals surface area (Å²) in [6.45, 7) is 1.09. The first-order chi connectivity index (χ1) is 18.4. The number of benzene rings is 3. The summed E-state index contributed by atoms with van der Waals surface area (Å²) in [4.78, 5) is 27.3. The molecule has 38 heavy (non-hydrogen) atoms. The quantitative estimate of drug-likeness (QED) is 0.466. The Hall–Kier alpha value is -3.49. The molecule has 6 nitrogen and oxygen atoms in total. The van der Waals surface area contributed by atoms with Crippen LogP contribution < -0.4 is 15.4 Å². The van der Waals surface area contributed by atoms with Crippen LogP contribution >= 0.6 is 11.6 Å². The number of piperidine rings is 1. The van der Waals surface area contributed by atoms with Gasteiger partial charge >= 0.3 is 0 Å². The summed E-state index contributed by atoms with van der Waals surface area (Å²) >= 11 is 6.25. The molecule has 2 N–H and O–H groups in total. The van der Waals surface area contributed by atoms with Crippen LogP contribution in [0.4, 0.5) is 14.5 Å². The average molecular weight is 539 g/mol. The maximum atomic E-state index is 14.8. The zero-order valence-corrected chi connectivity index (χ0v) is 21.1. The molecule has 3 aromatic carbocycles. The fourth-order valence-corrected chi connectivity index (χ4v) is 6.27. The minimum absolute atomic E-state index is 0.0685. The van der Waals surface area contributed by atoms with Crippen LogP contribution in [-0.2, 0) is 19.7 Å². The summed E-state index contributed by atoms with van der Waals surface area (Å²) in [7, 11) is 0. The van der Waals surface area contributed by atoms with Crippen LogP contribution in [0.1, 0.15) is 47.9 Å². The van der Waals surface area contributed by atoms with Gasteiger partial charge in [-0.2, -0.15) is 0 Å². The molecule has 0 radical (unpaired) electrons. The van der Waals surface area contributed by atoms with E-state index in [0.717, 1.165) is 0 Å². The van der Waals surface area contributed by atoms with Crippen LogP contribution in [0.3, 0.4) is 0 Å². The third-order valence-corrected chi connectivity index (χ3v) is 7.98. The zero-order valence-electron chi connectivity index (χ0n) is 20.3. The summed E-state index contributed by atoms with van der Waals surface area (Å²) in [5.74, 6) is -2.13. The van der Waals surface area contributed by atoms with E-state index in [2.05, 4.69) is 10.6 Å². The van der Waals surface area contributed by atoms with Crippen molar-refractivity contribution >= 4 is 29.1 Å². The fraction of sp³-hybridized carbons (Fsp3) is 0.310. The third-order valence-electron chi connectivity index (χ3n) is 7.75. The van der Waals surface area contributed by atoms with Gasteiger partial charge in [-0.15, -0.1) is 0 Å². The number of hydrogen-bond acceptors (Lipinski definition) is 4. The molecule has 3 aliphatic heterocycles. The molecule has 196 valence electrons. The summed E-state index contributed by atoms with van der Waals surface area (Å²) in [6.07, 6.45) is 1.09. The molecule has 0 bridgehead atoms. The molecule has 1 spiro atoms. The zero-order chi connectivity index (χ0) is 26.4. The van der Waals surface area contributed by atoms with Crippen molar-refractivity contribution in [1.82, 2.24) is 5.32 Å². The molecule has 9 heteroatoms. The molecule has 2 fully saturated rings.